The molecule has 122 valence electrons. The average Bonchev–Trinajstić information content (AvgIpc) is 2.52. The van der Waals surface area contributed by atoms with Crippen LogP contribution in [-0.4, -0.2) is 11.0 Å². The van der Waals surface area contributed by atoms with Crippen molar-refractivity contribution >= 4 is 5.91 Å². The van der Waals surface area contributed by atoms with E-state index in [2.05, 4.69) is 5.32 Å². The SMILES string of the molecule is O=C(NCc1ccccc1CO)c1ccc(F)cc1C(F)(F)F. The molecule has 0 aliphatic heterocycles. The molecule has 0 saturated carbocycles. The van der Waals surface area contributed by atoms with Crippen LogP contribution in [0.1, 0.15) is 27.0 Å². The van der Waals surface area contributed by atoms with Crippen LogP contribution in [0.25, 0.3) is 0 Å². The van der Waals surface area contributed by atoms with Gasteiger partial charge in [-0.15, -0.1) is 0 Å². The standard InChI is InChI=1S/C16H13F4NO2/c17-12-5-6-13(14(7-12)16(18,19)20)15(23)21-8-10-3-1-2-4-11(10)9-22/h1-7,22H,8-9H2,(H,21,23). The highest BCUT2D eigenvalue weighted by atomic mass is 19.4. The highest BCUT2D eigenvalue weighted by Crippen LogP contribution is 2.32. The summed E-state index contributed by atoms with van der Waals surface area (Å²) in [5.41, 5.74) is -0.840. The Labute approximate surface area is 129 Å². The van der Waals surface area contributed by atoms with Crippen LogP contribution < -0.4 is 5.32 Å². The third-order valence-electron chi connectivity index (χ3n) is 3.26. The molecular weight excluding hydrogens is 314 g/mol. The van der Waals surface area contributed by atoms with Crippen molar-refractivity contribution in [3.05, 3.63) is 70.5 Å². The number of alkyl halides is 3. The van der Waals surface area contributed by atoms with Gasteiger partial charge in [0, 0.05) is 6.54 Å². The largest absolute Gasteiger partial charge is 0.417 e. The van der Waals surface area contributed by atoms with Crippen molar-refractivity contribution in [2.45, 2.75) is 19.3 Å². The Morgan fingerprint density at radius 3 is 2.35 bits per heavy atom. The van der Waals surface area contributed by atoms with E-state index in [0.29, 0.717) is 11.1 Å². The molecule has 0 aromatic heterocycles. The van der Waals surface area contributed by atoms with E-state index in [9.17, 15) is 27.5 Å². The third kappa shape index (κ3) is 4.07. The number of carbonyl (C=O) groups is 1. The summed E-state index contributed by atoms with van der Waals surface area (Å²) in [6.45, 7) is -0.305. The van der Waals surface area contributed by atoms with E-state index >= 15 is 0 Å². The lowest BCUT2D eigenvalue weighted by Gasteiger charge is -2.14. The number of amides is 1. The second-order valence-corrected chi connectivity index (χ2v) is 4.80. The molecule has 0 spiro atoms. The van der Waals surface area contributed by atoms with Gasteiger partial charge in [-0.3, -0.25) is 4.79 Å². The van der Waals surface area contributed by atoms with Gasteiger partial charge in [0.1, 0.15) is 5.82 Å². The number of hydrogen-bond acceptors (Lipinski definition) is 2. The van der Waals surface area contributed by atoms with E-state index in [-0.39, 0.29) is 19.2 Å². The molecule has 0 heterocycles. The lowest BCUT2D eigenvalue weighted by Crippen LogP contribution is -2.26. The van der Waals surface area contributed by atoms with Gasteiger partial charge in [-0.25, -0.2) is 4.39 Å². The molecule has 0 aliphatic rings. The van der Waals surface area contributed by atoms with Crippen LogP contribution in [0, 0.1) is 5.82 Å². The maximum absolute atomic E-state index is 13.0. The zero-order valence-electron chi connectivity index (χ0n) is 11.8. The summed E-state index contributed by atoms with van der Waals surface area (Å²) in [7, 11) is 0. The van der Waals surface area contributed by atoms with Crippen LogP contribution in [0.3, 0.4) is 0 Å². The summed E-state index contributed by atoms with van der Waals surface area (Å²) in [6.07, 6.45) is -4.84. The lowest BCUT2D eigenvalue weighted by atomic mass is 10.1. The van der Waals surface area contributed by atoms with Crippen LogP contribution in [-0.2, 0) is 19.3 Å². The van der Waals surface area contributed by atoms with Gasteiger partial charge in [0.2, 0.25) is 0 Å². The lowest BCUT2D eigenvalue weighted by molar-refractivity contribution is -0.138. The molecule has 0 bridgehead atoms. The maximum atomic E-state index is 13.0. The summed E-state index contributed by atoms with van der Waals surface area (Å²) in [6, 6.07) is 8.54. The van der Waals surface area contributed by atoms with E-state index in [1.807, 2.05) is 0 Å². The minimum absolute atomic E-state index is 0.0513. The van der Waals surface area contributed by atoms with Crippen LogP contribution in [0.4, 0.5) is 17.6 Å². The number of nitrogens with one attached hydrogen (secondary N) is 1. The smallest absolute Gasteiger partial charge is 0.392 e. The number of aliphatic hydroxyl groups excluding tert-OH is 1. The van der Waals surface area contributed by atoms with Crippen molar-refractivity contribution in [2.24, 2.45) is 0 Å². The molecule has 0 fully saturated rings. The first-order valence-corrected chi connectivity index (χ1v) is 6.65. The van der Waals surface area contributed by atoms with Gasteiger partial charge in [0.05, 0.1) is 17.7 Å². The van der Waals surface area contributed by atoms with Gasteiger partial charge in [0.15, 0.2) is 0 Å². The van der Waals surface area contributed by atoms with Crippen LogP contribution >= 0.6 is 0 Å². The number of aliphatic hydroxyl groups is 1. The number of benzene rings is 2. The number of hydrogen-bond donors (Lipinski definition) is 2. The summed E-state index contributed by atoms with van der Waals surface area (Å²) in [5, 5.41) is 11.5. The van der Waals surface area contributed by atoms with Crippen LogP contribution in [0.2, 0.25) is 0 Å². The Morgan fingerprint density at radius 1 is 1.09 bits per heavy atom. The van der Waals surface area contributed by atoms with Crippen molar-refractivity contribution < 1.29 is 27.5 Å². The van der Waals surface area contributed by atoms with Crippen molar-refractivity contribution in [1.82, 2.24) is 5.32 Å². The van der Waals surface area contributed by atoms with Gasteiger partial charge in [-0.05, 0) is 29.3 Å². The van der Waals surface area contributed by atoms with Crippen molar-refractivity contribution in [3.63, 3.8) is 0 Å². The molecule has 0 atom stereocenters. The Bertz CT molecular complexity index is 713. The summed E-state index contributed by atoms with van der Waals surface area (Å²) >= 11 is 0. The van der Waals surface area contributed by atoms with Gasteiger partial charge < -0.3 is 10.4 Å². The van der Waals surface area contributed by atoms with E-state index in [1.54, 1.807) is 24.3 Å². The molecule has 2 rings (SSSR count). The van der Waals surface area contributed by atoms with Crippen molar-refractivity contribution in [3.8, 4) is 0 Å². The number of carbonyl (C=O) groups excluding carboxylic acids is 1. The van der Waals surface area contributed by atoms with Crippen molar-refractivity contribution in [1.29, 1.82) is 0 Å². The first-order chi connectivity index (χ1) is 10.8. The Hall–Kier alpha value is -2.41. The fourth-order valence-electron chi connectivity index (χ4n) is 2.10. The Balaban J connectivity index is 2.22. The molecule has 2 aromatic carbocycles. The summed E-state index contributed by atoms with van der Waals surface area (Å²) in [4.78, 5) is 12.0. The first kappa shape index (κ1) is 17.0. The van der Waals surface area contributed by atoms with E-state index in [0.717, 1.165) is 12.1 Å². The number of rotatable bonds is 4. The van der Waals surface area contributed by atoms with Crippen molar-refractivity contribution in [2.75, 3.05) is 0 Å². The summed E-state index contributed by atoms with van der Waals surface area (Å²) < 4.78 is 51.7. The fourth-order valence-corrected chi connectivity index (χ4v) is 2.10. The molecular formula is C16H13F4NO2. The van der Waals surface area contributed by atoms with Gasteiger partial charge in [0.25, 0.3) is 5.91 Å². The molecule has 23 heavy (non-hydrogen) atoms. The predicted molar refractivity (Wildman–Crippen MR) is 74.9 cm³/mol. The second kappa shape index (κ2) is 6.78. The van der Waals surface area contributed by atoms with E-state index < -0.39 is 29.0 Å². The topological polar surface area (TPSA) is 49.3 Å². The molecule has 0 saturated heterocycles. The normalized spacial score (nSPS) is 11.3. The molecule has 3 nitrogen and oxygen atoms in total. The van der Waals surface area contributed by atoms with Gasteiger partial charge in [-0.2, -0.15) is 13.2 Å². The zero-order chi connectivity index (χ0) is 17.0. The quantitative estimate of drug-likeness (QED) is 0.847. The molecule has 0 unspecified atom stereocenters. The van der Waals surface area contributed by atoms with E-state index in [4.69, 9.17) is 0 Å². The van der Waals surface area contributed by atoms with Gasteiger partial charge >= 0.3 is 6.18 Å². The predicted octanol–water partition coefficient (Wildman–Crippen LogP) is 3.27. The second-order valence-electron chi connectivity index (χ2n) is 4.80. The Morgan fingerprint density at radius 2 is 1.74 bits per heavy atom. The van der Waals surface area contributed by atoms with Crippen LogP contribution in [0.5, 0.6) is 0 Å². The first-order valence-electron chi connectivity index (χ1n) is 6.65. The molecule has 2 aromatic rings. The number of halogens is 4. The van der Waals surface area contributed by atoms with Crippen LogP contribution in [0.15, 0.2) is 42.5 Å². The molecule has 1 amide bonds. The molecule has 2 N–H and O–H groups in total. The molecule has 7 heteroatoms. The third-order valence-corrected chi connectivity index (χ3v) is 3.26. The van der Waals surface area contributed by atoms with Gasteiger partial charge in [-0.1, -0.05) is 24.3 Å². The summed E-state index contributed by atoms with van der Waals surface area (Å²) in [5.74, 6) is -2.04. The molecule has 0 aliphatic carbocycles. The minimum atomic E-state index is -4.84. The fraction of sp³-hybridized carbons (Fsp3) is 0.188. The highest BCUT2D eigenvalue weighted by Gasteiger charge is 2.35. The zero-order valence-corrected chi connectivity index (χ0v) is 11.8. The Kier molecular flexibility index (Phi) is 5.00. The van der Waals surface area contributed by atoms with E-state index in [1.165, 1.54) is 0 Å². The monoisotopic (exact) mass is 327 g/mol. The average molecular weight is 327 g/mol. The minimum Gasteiger partial charge on any atom is -0.392 e. The highest BCUT2D eigenvalue weighted by molar-refractivity contribution is 5.95. The maximum Gasteiger partial charge on any atom is 0.417 e. The molecule has 0 radical (unpaired) electrons.